The zero-order chi connectivity index (χ0) is 18.2. The molecule has 2 N–H and O–H groups in total. The maximum atomic E-state index is 5.66. The quantitative estimate of drug-likeness (QED) is 0.360. The fourth-order valence-corrected chi connectivity index (χ4v) is 2.77. The summed E-state index contributed by atoms with van der Waals surface area (Å²) in [6.45, 7) is 4.36. The molecule has 0 aliphatic carbocycles. The van der Waals surface area contributed by atoms with E-state index in [0.29, 0.717) is 19.9 Å². The van der Waals surface area contributed by atoms with Crippen LogP contribution in [0.4, 0.5) is 0 Å². The molecule has 2 aromatic carbocycles. The molecule has 6 nitrogen and oxygen atoms in total. The van der Waals surface area contributed by atoms with Crippen molar-refractivity contribution >= 4 is 29.9 Å². The summed E-state index contributed by atoms with van der Waals surface area (Å²) in [6, 6.07) is 14.1. The summed E-state index contributed by atoms with van der Waals surface area (Å²) in [5.74, 6) is 3.29. The number of fused-ring (bicyclic) bond motifs is 1. The molecule has 0 bridgehead atoms. The average molecular weight is 483 g/mol. The molecule has 0 spiro atoms. The number of halogens is 1. The van der Waals surface area contributed by atoms with E-state index in [-0.39, 0.29) is 24.0 Å². The maximum absolute atomic E-state index is 5.66. The van der Waals surface area contributed by atoms with Crippen molar-refractivity contribution in [2.24, 2.45) is 4.99 Å². The topological polar surface area (TPSA) is 64.1 Å². The maximum Gasteiger partial charge on any atom is 0.231 e. The van der Waals surface area contributed by atoms with Crippen LogP contribution in [0.25, 0.3) is 0 Å². The van der Waals surface area contributed by atoms with Gasteiger partial charge in [0.25, 0.3) is 0 Å². The van der Waals surface area contributed by atoms with Crippen molar-refractivity contribution < 1.29 is 14.2 Å². The lowest BCUT2D eigenvalue weighted by Crippen LogP contribution is -2.37. The third-order valence-electron chi connectivity index (χ3n) is 4.09. The van der Waals surface area contributed by atoms with Crippen LogP contribution < -0.4 is 24.8 Å². The van der Waals surface area contributed by atoms with E-state index in [1.165, 1.54) is 5.56 Å². The van der Waals surface area contributed by atoms with Gasteiger partial charge in [0.05, 0.1) is 6.61 Å². The minimum Gasteiger partial charge on any atom is -0.494 e. The number of aliphatic imine (C=N–C) groups is 1. The third-order valence-corrected chi connectivity index (χ3v) is 4.09. The van der Waals surface area contributed by atoms with Crippen molar-refractivity contribution in [1.29, 1.82) is 0 Å². The van der Waals surface area contributed by atoms with Crippen molar-refractivity contribution in [3.05, 3.63) is 53.6 Å². The lowest BCUT2D eigenvalue weighted by molar-refractivity contribution is 0.174. The van der Waals surface area contributed by atoms with E-state index in [1.54, 1.807) is 7.05 Å². The van der Waals surface area contributed by atoms with E-state index in [9.17, 15) is 0 Å². The molecule has 0 radical (unpaired) electrons. The predicted octanol–water partition coefficient (Wildman–Crippen LogP) is 3.34. The van der Waals surface area contributed by atoms with Gasteiger partial charge in [-0.15, -0.1) is 24.0 Å². The fourth-order valence-electron chi connectivity index (χ4n) is 2.77. The molecule has 146 valence electrons. The van der Waals surface area contributed by atoms with Gasteiger partial charge < -0.3 is 24.8 Å². The SMILES string of the molecule is CCOc1ccccc1CNC(=NC)NCCc1ccc2c(c1)OCO2.I. The molecular weight excluding hydrogens is 457 g/mol. The minimum absolute atomic E-state index is 0. The van der Waals surface area contributed by atoms with Crippen molar-refractivity contribution in [3.8, 4) is 17.2 Å². The Morgan fingerprint density at radius 2 is 1.93 bits per heavy atom. The van der Waals surface area contributed by atoms with Crippen LogP contribution >= 0.6 is 24.0 Å². The zero-order valence-corrected chi connectivity index (χ0v) is 18.0. The monoisotopic (exact) mass is 483 g/mol. The highest BCUT2D eigenvalue weighted by Crippen LogP contribution is 2.32. The number of ether oxygens (including phenoxy) is 3. The van der Waals surface area contributed by atoms with Crippen molar-refractivity contribution in [2.45, 2.75) is 19.9 Å². The highest BCUT2D eigenvalue weighted by Gasteiger charge is 2.13. The molecular formula is C20H26IN3O3. The van der Waals surface area contributed by atoms with Crippen LogP contribution in [0.1, 0.15) is 18.1 Å². The first-order valence-electron chi connectivity index (χ1n) is 8.84. The molecule has 0 saturated heterocycles. The highest BCUT2D eigenvalue weighted by molar-refractivity contribution is 14.0. The molecule has 1 aliphatic heterocycles. The first-order valence-corrected chi connectivity index (χ1v) is 8.84. The molecule has 1 aliphatic rings. The van der Waals surface area contributed by atoms with Gasteiger partial charge in [-0.05, 0) is 37.1 Å². The molecule has 1 heterocycles. The summed E-state index contributed by atoms with van der Waals surface area (Å²) >= 11 is 0. The van der Waals surface area contributed by atoms with E-state index in [1.807, 2.05) is 37.3 Å². The Balaban J connectivity index is 0.00000261. The van der Waals surface area contributed by atoms with Gasteiger partial charge in [0.15, 0.2) is 17.5 Å². The van der Waals surface area contributed by atoms with Crippen molar-refractivity contribution in [3.63, 3.8) is 0 Å². The fraction of sp³-hybridized carbons (Fsp3) is 0.350. The van der Waals surface area contributed by atoms with Crippen LogP contribution in [0.15, 0.2) is 47.5 Å². The summed E-state index contributed by atoms with van der Waals surface area (Å²) in [7, 11) is 1.77. The van der Waals surface area contributed by atoms with E-state index < -0.39 is 0 Å². The van der Waals surface area contributed by atoms with Gasteiger partial charge in [-0.3, -0.25) is 4.99 Å². The Hall–Kier alpha value is -2.16. The van der Waals surface area contributed by atoms with Gasteiger partial charge in [0, 0.05) is 25.7 Å². The lowest BCUT2D eigenvalue weighted by Gasteiger charge is -2.14. The number of rotatable bonds is 7. The molecule has 0 atom stereocenters. The molecule has 0 amide bonds. The van der Waals surface area contributed by atoms with E-state index in [2.05, 4.69) is 27.8 Å². The summed E-state index contributed by atoms with van der Waals surface area (Å²) in [6.07, 6.45) is 0.868. The van der Waals surface area contributed by atoms with Gasteiger partial charge in [0.2, 0.25) is 6.79 Å². The Morgan fingerprint density at radius 1 is 1.11 bits per heavy atom. The molecule has 0 unspecified atom stereocenters. The molecule has 7 heteroatoms. The highest BCUT2D eigenvalue weighted by atomic mass is 127. The number of hydrogen-bond donors (Lipinski definition) is 2. The lowest BCUT2D eigenvalue weighted by atomic mass is 10.1. The first-order chi connectivity index (χ1) is 12.8. The number of guanidine groups is 1. The van der Waals surface area contributed by atoms with Crippen LogP contribution in [0.3, 0.4) is 0 Å². The van der Waals surface area contributed by atoms with Crippen LogP contribution in [-0.4, -0.2) is 33.0 Å². The number of para-hydroxylation sites is 1. The predicted molar refractivity (Wildman–Crippen MR) is 117 cm³/mol. The Labute approximate surface area is 177 Å². The van der Waals surface area contributed by atoms with Crippen molar-refractivity contribution in [1.82, 2.24) is 10.6 Å². The largest absolute Gasteiger partial charge is 0.494 e. The van der Waals surface area contributed by atoms with Gasteiger partial charge in [-0.25, -0.2) is 0 Å². The van der Waals surface area contributed by atoms with Crippen LogP contribution in [0.5, 0.6) is 17.2 Å². The van der Waals surface area contributed by atoms with E-state index in [4.69, 9.17) is 14.2 Å². The second-order valence-electron chi connectivity index (χ2n) is 5.83. The summed E-state index contributed by atoms with van der Waals surface area (Å²) in [4.78, 5) is 4.28. The molecule has 0 aromatic heterocycles. The normalized spacial score (nSPS) is 12.3. The molecule has 0 fully saturated rings. The molecule has 0 saturated carbocycles. The Kier molecular flexibility index (Phi) is 8.50. The molecule has 27 heavy (non-hydrogen) atoms. The second kappa shape index (κ2) is 10.9. The molecule has 3 rings (SSSR count). The minimum atomic E-state index is 0. The number of nitrogens with zero attached hydrogens (tertiary/aromatic N) is 1. The second-order valence-corrected chi connectivity index (χ2v) is 5.83. The van der Waals surface area contributed by atoms with Crippen LogP contribution in [-0.2, 0) is 13.0 Å². The standard InChI is InChI=1S/C20H25N3O3.HI/c1-3-24-17-7-5-4-6-16(17)13-23-20(21-2)22-11-10-15-8-9-18-19(12-15)26-14-25-18;/h4-9,12H,3,10-11,13-14H2,1-2H3,(H2,21,22,23);1H. The van der Waals surface area contributed by atoms with Crippen LogP contribution in [0, 0.1) is 0 Å². The van der Waals surface area contributed by atoms with E-state index >= 15 is 0 Å². The number of nitrogens with one attached hydrogen (secondary N) is 2. The van der Waals surface area contributed by atoms with Gasteiger partial charge in [-0.1, -0.05) is 24.3 Å². The summed E-state index contributed by atoms with van der Waals surface area (Å²) < 4.78 is 16.4. The summed E-state index contributed by atoms with van der Waals surface area (Å²) in [5.41, 5.74) is 2.30. The smallest absolute Gasteiger partial charge is 0.231 e. The zero-order valence-electron chi connectivity index (χ0n) is 15.7. The number of benzene rings is 2. The van der Waals surface area contributed by atoms with Crippen molar-refractivity contribution in [2.75, 3.05) is 27.0 Å². The number of hydrogen-bond acceptors (Lipinski definition) is 4. The third kappa shape index (κ3) is 5.92. The van der Waals surface area contributed by atoms with Gasteiger partial charge >= 0.3 is 0 Å². The molecule has 2 aromatic rings. The summed E-state index contributed by atoms with van der Waals surface area (Å²) in [5, 5.41) is 6.66. The first kappa shape index (κ1) is 21.1. The average Bonchev–Trinajstić information content (AvgIpc) is 3.13. The van der Waals surface area contributed by atoms with Crippen LogP contribution in [0.2, 0.25) is 0 Å². The Morgan fingerprint density at radius 3 is 2.74 bits per heavy atom. The Bertz CT molecular complexity index is 768. The van der Waals surface area contributed by atoms with Gasteiger partial charge in [0.1, 0.15) is 5.75 Å². The van der Waals surface area contributed by atoms with E-state index in [0.717, 1.165) is 41.7 Å². The van der Waals surface area contributed by atoms with Gasteiger partial charge in [-0.2, -0.15) is 0 Å².